The molecule has 154 valence electrons. The third-order valence-corrected chi connectivity index (χ3v) is 4.07. The van der Waals surface area contributed by atoms with Crippen molar-refractivity contribution in [2.75, 3.05) is 18.1 Å². The van der Waals surface area contributed by atoms with Gasteiger partial charge in [-0.25, -0.2) is 14.8 Å². The van der Waals surface area contributed by atoms with Crippen LogP contribution in [0.15, 0.2) is 30.7 Å². The average Bonchev–Trinajstić information content (AvgIpc) is 3.03. The van der Waals surface area contributed by atoms with E-state index in [0.29, 0.717) is 28.6 Å². The molecule has 0 saturated heterocycles. The molecule has 8 nitrogen and oxygen atoms in total. The molecule has 0 saturated carbocycles. The van der Waals surface area contributed by atoms with Crippen molar-refractivity contribution in [1.82, 2.24) is 19.7 Å². The molecule has 3 aromatic heterocycles. The van der Waals surface area contributed by atoms with Crippen LogP contribution in [-0.4, -0.2) is 50.3 Å². The van der Waals surface area contributed by atoms with Crippen LogP contribution in [0.1, 0.15) is 18.1 Å². The molecule has 0 aliphatic rings. The number of halogens is 3. The smallest absolute Gasteiger partial charge is 0.422 e. The van der Waals surface area contributed by atoms with E-state index in [2.05, 4.69) is 15.1 Å². The van der Waals surface area contributed by atoms with Gasteiger partial charge in [-0.1, -0.05) is 0 Å². The number of hydrogen-bond acceptors (Lipinski definition) is 5. The number of pyridine rings is 2. The number of carboxylic acid groups (broad SMARTS) is 1. The van der Waals surface area contributed by atoms with Crippen molar-refractivity contribution in [2.24, 2.45) is 0 Å². The van der Waals surface area contributed by atoms with Crippen molar-refractivity contribution in [2.45, 2.75) is 26.6 Å². The minimum atomic E-state index is -4.43. The van der Waals surface area contributed by atoms with Gasteiger partial charge in [-0.2, -0.15) is 18.3 Å². The molecule has 3 aromatic rings. The first-order chi connectivity index (χ1) is 13.7. The van der Waals surface area contributed by atoms with Crippen LogP contribution < -0.4 is 9.64 Å². The molecule has 1 amide bonds. The SMILES string of the molecule is CCN(C(=O)O)c1nccc2nn(Cc3cnc(OCC(F)(F)F)c(C)c3)cc12. The Hall–Kier alpha value is -3.37. The zero-order valence-electron chi connectivity index (χ0n) is 15.6. The van der Waals surface area contributed by atoms with E-state index in [1.54, 1.807) is 36.9 Å². The highest BCUT2D eigenvalue weighted by atomic mass is 19.4. The fourth-order valence-electron chi connectivity index (χ4n) is 2.85. The summed E-state index contributed by atoms with van der Waals surface area (Å²) in [4.78, 5) is 20.7. The summed E-state index contributed by atoms with van der Waals surface area (Å²) in [5.41, 5.74) is 1.74. The molecule has 29 heavy (non-hydrogen) atoms. The number of nitrogens with zero attached hydrogens (tertiary/aromatic N) is 5. The Kier molecular flexibility index (Phi) is 5.57. The van der Waals surface area contributed by atoms with E-state index in [0.717, 1.165) is 4.90 Å². The predicted octanol–water partition coefficient (Wildman–Crippen LogP) is 3.63. The molecular weight excluding hydrogens is 391 g/mol. The second kappa shape index (κ2) is 7.94. The van der Waals surface area contributed by atoms with Crippen LogP contribution in [0.3, 0.4) is 0 Å². The van der Waals surface area contributed by atoms with Gasteiger partial charge in [0.2, 0.25) is 5.88 Å². The van der Waals surface area contributed by atoms with Crippen LogP contribution in [0, 0.1) is 6.92 Å². The van der Waals surface area contributed by atoms with Gasteiger partial charge in [0.15, 0.2) is 6.61 Å². The van der Waals surface area contributed by atoms with Gasteiger partial charge in [0.05, 0.1) is 17.4 Å². The zero-order chi connectivity index (χ0) is 21.2. The number of carbonyl (C=O) groups is 1. The second-order valence-electron chi connectivity index (χ2n) is 6.29. The van der Waals surface area contributed by atoms with Crippen molar-refractivity contribution in [3.63, 3.8) is 0 Å². The lowest BCUT2D eigenvalue weighted by molar-refractivity contribution is -0.154. The third kappa shape index (κ3) is 4.73. The van der Waals surface area contributed by atoms with Crippen LogP contribution in [-0.2, 0) is 6.54 Å². The van der Waals surface area contributed by atoms with Gasteiger partial charge in [-0.15, -0.1) is 0 Å². The lowest BCUT2D eigenvalue weighted by Gasteiger charge is -2.15. The predicted molar refractivity (Wildman–Crippen MR) is 98.2 cm³/mol. The fraction of sp³-hybridized carbons (Fsp3) is 0.333. The quantitative estimate of drug-likeness (QED) is 0.668. The molecule has 3 heterocycles. The first-order valence-electron chi connectivity index (χ1n) is 8.65. The van der Waals surface area contributed by atoms with Crippen LogP contribution in [0.25, 0.3) is 10.9 Å². The van der Waals surface area contributed by atoms with E-state index >= 15 is 0 Å². The van der Waals surface area contributed by atoms with Crippen LogP contribution in [0.5, 0.6) is 5.88 Å². The standard InChI is InChI=1S/C18H18F3N5O3/c1-3-26(17(27)28)15-13-9-25(24-14(13)4-5-22-15)8-12-6-11(2)16(23-7-12)29-10-18(19,20)21/h4-7,9H,3,8,10H2,1-2H3,(H,27,28). The molecule has 0 fully saturated rings. The van der Waals surface area contributed by atoms with Crippen molar-refractivity contribution >= 4 is 22.8 Å². The maximum absolute atomic E-state index is 12.3. The zero-order valence-corrected chi connectivity index (χ0v) is 15.6. The molecule has 0 aliphatic heterocycles. The van der Waals surface area contributed by atoms with Crippen LogP contribution in [0.2, 0.25) is 0 Å². The Morgan fingerprint density at radius 1 is 1.34 bits per heavy atom. The molecule has 0 spiro atoms. The van der Waals surface area contributed by atoms with Crippen LogP contribution in [0.4, 0.5) is 23.8 Å². The Morgan fingerprint density at radius 2 is 2.10 bits per heavy atom. The van der Waals surface area contributed by atoms with Crippen molar-refractivity contribution in [1.29, 1.82) is 0 Å². The molecular formula is C18H18F3N5O3. The summed E-state index contributed by atoms with van der Waals surface area (Å²) >= 11 is 0. The number of aromatic nitrogens is 4. The molecule has 11 heteroatoms. The topological polar surface area (TPSA) is 93.4 Å². The highest BCUT2D eigenvalue weighted by Crippen LogP contribution is 2.25. The summed E-state index contributed by atoms with van der Waals surface area (Å²) in [6.07, 6.45) is -0.976. The van der Waals surface area contributed by atoms with Gasteiger partial charge in [0.25, 0.3) is 0 Å². The number of aryl methyl sites for hydroxylation is 1. The maximum atomic E-state index is 12.3. The number of fused-ring (bicyclic) bond motifs is 1. The molecule has 0 aliphatic carbocycles. The molecule has 1 N–H and O–H groups in total. The van der Waals surface area contributed by atoms with E-state index in [4.69, 9.17) is 4.74 Å². The van der Waals surface area contributed by atoms with Gasteiger partial charge in [0, 0.05) is 30.7 Å². The van der Waals surface area contributed by atoms with Crippen LogP contribution >= 0.6 is 0 Å². The fourth-order valence-corrected chi connectivity index (χ4v) is 2.85. The van der Waals surface area contributed by atoms with Gasteiger partial charge >= 0.3 is 12.3 Å². The number of ether oxygens (including phenoxy) is 1. The summed E-state index contributed by atoms with van der Waals surface area (Å²) in [7, 11) is 0. The summed E-state index contributed by atoms with van der Waals surface area (Å²) in [5.74, 6) is 0.206. The van der Waals surface area contributed by atoms with Gasteiger partial charge < -0.3 is 9.84 Å². The lowest BCUT2D eigenvalue weighted by atomic mass is 10.2. The first-order valence-corrected chi connectivity index (χ1v) is 8.65. The maximum Gasteiger partial charge on any atom is 0.422 e. The van der Waals surface area contributed by atoms with Crippen molar-refractivity contribution < 1.29 is 27.8 Å². The Labute approximate surface area is 163 Å². The average molecular weight is 409 g/mol. The number of alkyl halides is 3. The lowest BCUT2D eigenvalue weighted by Crippen LogP contribution is -2.29. The van der Waals surface area contributed by atoms with Gasteiger partial charge in [0.1, 0.15) is 5.82 Å². The minimum absolute atomic E-state index is 0.0803. The van der Waals surface area contributed by atoms with E-state index in [1.807, 2.05) is 0 Å². The van der Waals surface area contributed by atoms with E-state index in [9.17, 15) is 23.1 Å². The van der Waals surface area contributed by atoms with E-state index in [-0.39, 0.29) is 18.2 Å². The minimum Gasteiger partial charge on any atom is -0.468 e. The first kappa shape index (κ1) is 20.4. The molecule has 0 radical (unpaired) electrons. The molecule has 0 unspecified atom stereocenters. The summed E-state index contributed by atoms with van der Waals surface area (Å²) in [6, 6.07) is 3.34. The molecule has 0 aromatic carbocycles. The Bertz CT molecular complexity index is 1040. The Morgan fingerprint density at radius 3 is 2.72 bits per heavy atom. The van der Waals surface area contributed by atoms with E-state index < -0.39 is 18.9 Å². The summed E-state index contributed by atoms with van der Waals surface area (Å²) < 4.78 is 43.2. The largest absolute Gasteiger partial charge is 0.468 e. The third-order valence-electron chi connectivity index (χ3n) is 4.07. The number of anilines is 1. The normalized spacial score (nSPS) is 11.6. The second-order valence-corrected chi connectivity index (χ2v) is 6.29. The number of hydrogen-bond donors (Lipinski definition) is 1. The van der Waals surface area contributed by atoms with E-state index in [1.165, 1.54) is 12.4 Å². The van der Waals surface area contributed by atoms with Gasteiger partial charge in [-0.05, 0) is 31.5 Å². The summed E-state index contributed by atoms with van der Waals surface area (Å²) in [5, 5.41) is 14.3. The molecule has 3 rings (SSSR count). The number of amides is 1. The highest BCUT2D eigenvalue weighted by Gasteiger charge is 2.29. The van der Waals surface area contributed by atoms with Gasteiger partial charge in [-0.3, -0.25) is 9.58 Å². The molecule has 0 atom stereocenters. The molecule has 0 bridgehead atoms. The number of rotatable bonds is 6. The summed E-state index contributed by atoms with van der Waals surface area (Å²) in [6.45, 7) is 2.43. The highest BCUT2D eigenvalue weighted by molar-refractivity contribution is 5.97. The van der Waals surface area contributed by atoms with Crippen molar-refractivity contribution in [3.05, 3.63) is 41.9 Å². The Balaban J connectivity index is 1.83. The van der Waals surface area contributed by atoms with Crippen molar-refractivity contribution in [3.8, 4) is 5.88 Å². The monoisotopic (exact) mass is 409 g/mol.